The predicted molar refractivity (Wildman–Crippen MR) is 142 cm³/mol. The van der Waals surface area contributed by atoms with Crippen molar-refractivity contribution in [1.82, 2.24) is 24.5 Å². The number of rotatable bonds is 7. The van der Waals surface area contributed by atoms with Gasteiger partial charge in [-0.05, 0) is 61.2 Å². The van der Waals surface area contributed by atoms with Crippen molar-refractivity contribution in [3.63, 3.8) is 0 Å². The summed E-state index contributed by atoms with van der Waals surface area (Å²) in [5.41, 5.74) is 3.43. The lowest BCUT2D eigenvalue weighted by atomic mass is 10.0. The van der Waals surface area contributed by atoms with Gasteiger partial charge in [0.05, 0.1) is 17.9 Å². The number of benzene rings is 1. The summed E-state index contributed by atoms with van der Waals surface area (Å²) in [6.07, 6.45) is 4.65. The van der Waals surface area contributed by atoms with Gasteiger partial charge in [-0.15, -0.1) is 5.10 Å². The molecule has 8 nitrogen and oxygen atoms in total. The molecule has 3 aromatic heterocycles. The van der Waals surface area contributed by atoms with Gasteiger partial charge >= 0.3 is 0 Å². The second kappa shape index (κ2) is 10.4. The van der Waals surface area contributed by atoms with Gasteiger partial charge in [0, 0.05) is 45.9 Å². The van der Waals surface area contributed by atoms with Crippen molar-refractivity contribution < 1.29 is 9.50 Å². The Morgan fingerprint density at radius 2 is 1.81 bits per heavy atom. The van der Waals surface area contributed by atoms with Crippen LogP contribution in [-0.4, -0.2) is 75.5 Å². The van der Waals surface area contributed by atoms with E-state index in [0.29, 0.717) is 0 Å². The van der Waals surface area contributed by atoms with Crippen molar-refractivity contribution in [3.05, 3.63) is 72.2 Å². The smallest absolute Gasteiger partial charge is 0.154 e. The van der Waals surface area contributed by atoms with Crippen LogP contribution in [0.1, 0.15) is 30.9 Å². The molecule has 0 saturated carbocycles. The van der Waals surface area contributed by atoms with Gasteiger partial charge in [0.1, 0.15) is 23.1 Å². The summed E-state index contributed by atoms with van der Waals surface area (Å²) in [5, 5.41) is 14.1. The molecule has 6 rings (SSSR count). The summed E-state index contributed by atoms with van der Waals surface area (Å²) in [7, 11) is 0. The van der Waals surface area contributed by atoms with Crippen molar-refractivity contribution in [2.45, 2.75) is 25.3 Å². The minimum Gasteiger partial charge on any atom is -0.396 e. The molecule has 2 aliphatic rings. The summed E-state index contributed by atoms with van der Waals surface area (Å²) < 4.78 is 15.8. The lowest BCUT2D eigenvalue weighted by molar-refractivity contribution is 0.215. The van der Waals surface area contributed by atoms with Gasteiger partial charge in [-0.3, -0.25) is 4.90 Å². The molecule has 4 aromatic rings. The lowest BCUT2D eigenvalue weighted by Crippen LogP contribution is -2.47. The maximum absolute atomic E-state index is 13.9. The highest BCUT2D eigenvalue weighted by Crippen LogP contribution is 2.35. The van der Waals surface area contributed by atoms with E-state index in [0.717, 1.165) is 92.8 Å². The normalized spacial score (nSPS) is 18.7. The third-order valence-electron chi connectivity index (χ3n) is 7.45. The average molecular weight is 502 g/mol. The van der Waals surface area contributed by atoms with Crippen LogP contribution < -0.4 is 9.80 Å². The molecule has 0 unspecified atom stereocenters. The number of anilines is 2. The summed E-state index contributed by atoms with van der Waals surface area (Å²) in [4.78, 5) is 16.5. The Balaban J connectivity index is 1.26. The molecule has 2 saturated heterocycles. The summed E-state index contributed by atoms with van der Waals surface area (Å²) in [6.45, 7) is 5.81. The first-order valence-electron chi connectivity index (χ1n) is 13.1. The van der Waals surface area contributed by atoms with Crippen LogP contribution in [0.15, 0.2) is 60.8 Å². The van der Waals surface area contributed by atoms with Crippen LogP contribution in [0.3, 0.4) is 0 Å². The number of aromatic nitrogens is 4. The van der Waals surface area contributed by atoms with Crippen LogP contribution in [-0.2, 0) is 0 Å². The highest BCUT2D eigenvalue weighted by Gasteiger charge is 2.28. The molecule has 0 amide bonds. The van der Waals surface area contributed by atoms with Crippen molar-refractivity contribution in [1.29, 1.82) is 0 Å². The fraction of sp³-hybridized carbons (Fsp3) is 0.393. The fourth-order valence-corrected chi connectivity index (χ4v) is 5.53. The van der Waals surface area contributed by atoms with E-state index < -0.39 is 0 Å². The van der Waals surface area contributed by atoms with Crippen molar-refractivity contribution in [2.75, 3.05) is 55.7 Å². The van der Waals surface area contributed by atoms with E-state index in [9.17, 15) is 4.39 Å². The van der Waals surface area contributed by atoms with Crippen molar-refractivity contribution in [2.24, 2.45) is 0 Å². The second-order valence-electron chi connectivity index (χ2n) is 9.80. The topological polar surface area (TPSA) is 73.0 Å². The fourth-order valence-electron chi connectivity index (χ4n) is 5.53. The second-order valence-corrected chi connectivity index (χ2v) is 9.80. The number of nitrogens with zero attached hydrogens (tertiary/aromatic N) is 7. The van der Waals surface area contributed by atoms with E-state index in [1.54, 1.807) is 12.1 Å². The zero-order valence-corrected chi connectivity index (χ0v) is 20.9. The molecule has 1 N–H and O–H groups in total. The van der Waals surface area contributed by atoms with E-state index in [1.165, 1.54) is 6.07 Å². The van der Waals surface area contributed by atoms with Crippen LogP contribution in [0.25, 0.3) is 17.0 Å². The highest BCUT2D eigenvalue weighted by molar-refractivity contribution is 5.62. The van der Waals surface area contributed by atoms with Gasteiger partial charge in [0.15, 0.2) is 5.65 Å². The first kappa shape index (κ1) is 23.8. The number of halogens is 1. The molecule has 2 aliphatic heterocycles. The molecular weight excluding hydrogens is 469 g/mol. The van der Waals surface area contributed by atoms with Crippen LogP contribution in [0, 0.1) is 5.82 Å². The maximum Gasteiger partial charge on any atom is 0.154 e. The quantitative estimate of drug-likeness (QED) is 0.413. The van der Waals surface area contributed by atoms with E-state index in [-0.39, 0.29) is 18.5 Å². The first-order valence-corrected chi connectivity index (χ1v) is 13.1. The van der Waals surface area contributed by atoms with Crippen molar-refractivity contribution >= 4 is 17.3 Å². The summed E-state index contributed by atoms with van der Waals surface area (Å²) >= 11 is 0. The number of imidazole rings is 1. The molecule has 0 radical (unpaired) electrons. The Hall–Kier alpha value is -3.56. The minimum absolute atomic E-state index is 0.102. The molecule has 0 bridgehead atoms. The van der Waals surface area contributed by atoms with Gasteiger partial charge < -0.3 is 14.9 Å². The zero-order valence-electron chi connectivity index (χ0n) is 20.9. The Bertz CT molecular complexity index is 1370. The number of hydrogen-bond acceptors (Lipinski definition) is 7. The number of aliphatic hydroxyl groups is 1. The molecule has 37 heavy (non-hydrogen) atoms. The zero-order chi connectivity index (χ0) is 25.2. The van der Waals surface area contributed by atoms with Crippen LogP contribution in [0.2, 0.25) is 0 Å². The maximum atomic E-state index is 13.9. The van der Waals surface area contributed by atoms with E-state index >= 15 is 0 Å². The van der Waals surface area contributed by atoms with E-state index in [4.69, 9.17) is 15.2 Å². The summed E-state index contributed by atoms with van der Waals surface area (Å²) in [6, 6.07) is 17.1. The highest BCUT2D eigenvalue weighted by atomic mass is 19.1. The Morgan fingerprint density at radius 1 is 0.946 bits per heavy atom. The monoisotopic (exact) mass is 501 g/mol. The van der Waals surface area contributed by atoms with Crippen LogP contribution >= 0.6 is 0 Å². The van der Waals surface area contributed by atoms with Gasteiger partial charge in [0.25, 0.3) is 0 Å². The largest absolute Gasteiger partial charge is 0.396 e. The van der Waals surface area contributed by atoms with Crippen molar-refractivity contribution in [3.8, 4) is 11.4 Å². The molecule has 0 aliphatic carbocycles. The summed E-state index contributed by atoms with van der Waals surface area (Å²) in [5.74, 6) is 1.60. The molecule has 2 fully saturated rings. The first-order chi connectivity index (χ1) is 18.2. The van der Waals surface area contributed by atoms with Gasteiger partial charge in [0.2, 0.25) is 0 Å². The Labute approximate surface area is 216 Å². The van der Waals surface area contributed by atoms with E-state index in [2.05, 4.69) is 25.8 Å². The number of pyridine rings is 1. The Morgan fingerprint density at radius 3 is 2.65 bits per heavy atom. The minimum atomic E-state index is -0.206. The molecule has 0 spiro atoms. The molecule has 1 aromatic carbocycles. The molecule has 192 valence electrons. The molecular formula is C28H32FN7O. The number of hydrogen-bond donors (Lipinski definition) is 1. The number of fused-ring (bicyclic) bond motifs is 1. The number of aliphatic hydroxyl groups excluding tert-OH is 1. The standard InChI is InChI=1S/C28H32FN7O/c29-22-6-1-5-21(19-22)24-8-3-13-35(24)28-11-10-26-30-20-25(36(26)32-28)23-7-2-9-27(31-23)34-16-14-33(15-17-34)12-4-18-37/h1-2,5-7,9-11,19-20,24,37H,3-4,8,12-18H2/t24-/m1/s1. The van der Waals surface area contributed by atoms with E-state index in [1.807, 2.05) is 41.0 Å². The molecule has 1 atom stereocenters. The third kappa shape index (κ3) is 4.89. The van der Waals surface area contributed by atoms with Gasteiger partial charge in [-0.1, -0.05) is 18.2 Å². The average Bonchev–Trinajstić information content (AvgIpc) is 3.60. The Kier molecular flexibility index (Phi) is 6.72. The van der Waals surface area contributed by atoms with Gasteiger partial charge in [-0.2, -0.15) is 0 Å². The molecule has 9 heteroatoms. The van der Waals surface area contributed by atoms with Gasteiger partial charge in [-0.25, -0.2) is 18.9 Å². The predicted octanol–water partition coefficient (Wildman–Crippen LogP) is 3.78. The van der Waals surface area contributed by atoms with Crippen LogP contribution in [0.5, 0.6) is 0 Å². The number of piperazine rings is 1. The van der Waals surface area contributed by atoms with Crippen LogP contribution in [0.4, 0.5) is 16.0 Å². The third-order valence-corrected chi connectivity index (χ3v) is 7.45. The lowest BCUT2D eigenvalue weighted by Gasteiger charge is -2.35. The SMILES string of the molecule is OCCCN1CCN(c2cccc(-c3cnc4ccc(N5CCC[C@@H]5c5cccc(F)c5)nn34)n2)CC1. The molecule has 5 heterocycles.